The quantitative estimate of drug-likeness (QED) is 0.489. The molecule has 0 saturated carbocycles. The molecule has 0 bridgehead atoms. The second-order valence-corrected chi connectivity index (χ2v) is 5.60. The first-order valence-corrected chi connectivity index (χ1v) is 8.16. The van der Waals surface area contributed by atoms with Gasteiger partial charge >= 0.3 is 0 Å². The van der Waals surface area contributed by atoms with Crippen LogP contribution in [-0.4, -0.2) is 6.61 Å². The summed E-state index contributed by atoms with van der Waals surface area (Å²) in [6.45, 7) is 2.61. The first kappa shape index (κ1) is 16.5. The lowest BCUT2D eigenvalue weighted by Gasteiger charge is -2.15. The van der Waals surface area contributed by atoms with Crippen molar-refractivity contribution in [2.24, 2.45) is 0 Å². The van der Waals surface area contributed by atoms with Crippen LogP contribution < -0.4 is 26.8 Å². The summed E-state index contributed by atoms with van der Waals surface area (Å²) < 4.78 is 5.46. The van der Waals surface area contributed by atoms with Crippen LogP contribution in [0.1, 0.15) is 6.92 Å². The van der Waals surface area contributed by atoms with Crippen LogP contribution in [0, 0.1) is 0 Å². The third-order valence-corrected chi connectivity index (χ3v) is 3.72. The van der Waals surface area contributed by atoms with E-state index in [0.29, 0.717) is 18.0 Å². The van der Waals surface area contributed by atoms with Crippen LogP contribution >= 0.6 is 0 Å². The van der Waals surface area contributed by atoms with Crippen LogP contribution in [0.2, 0.25) is 0 Å². The molecule has 3 aromatic rings. The molecular formula is C20H22N4O. The molecule has 0 fully saturated rings. The van der Waals surface area contributed by atoms with E-state index in [4.69, 9.17) is 16.2 Å². The zero-order valence-corrected chi connectivity index (χ0v) is 14.1. The Morgan fingerprint density at radius 3 is 1.88 bits per heavy atom. The maximum Gasteiger partial charge on any atom is 0.119 e. The van der Waals surface area contributed by atoms with Gasteiger partial charge in [0, 0.05) is 11.4 Å². The Morgan fingerprint density at radius 2 is 1.32 bits per heavy atom. The normalized spacial score (nSPS) is 10.3. The van der Waals surface area contributed by atoms with Crippen molar-refractivity contribution < 1.29 is 4.74 Å². The summed E-state index contributed by atoms with van der Waals surface area (Å²) in [5.41, 5.74) is 16.9. The van der Waals surface area contributed by atoms with E-state index in [9.17, 15) is 0 Å². The highest BCUT2D eigenvalue weighted by molar-refractivity contribution is 5.85. The molecule has 0 aliphatic carbocycles. The van der Waals surface area contributed by atoms with E-state index in [1.165, 1.54) is 0 Å². The standard InChI is InChI=1S/C20H22N4O/c1-2-25-16-10-8-15(9-11-16)24-20-13-19(17(21)12-18(20)22)23-14-6-4-3-5-7-14/h3-13,23-24H,2,21-22H2,1H3. The smallest absolute Gasteiger partial charge is 0.119 e. The minimum atomic E-state index is 0.588. The highest BCUT2D eigenvalue weighted by Gasteiger charge is 2.07. The molecule has 0 unspecified atom stereocenters. The maximum absolute atomic E-state index is 6.11. The zero-order valence-electron chi connectivity index (χ0n) is 14.1. The van der Waals surface area contributed by atoms with Crippen LogP contribution in [-0.2, 0) is 0 Å². The fourth-order valence-electron chi connectivity index (χ4n) is 2.48. The highest BCUT2D eigenvalue weighted by Crippen LogP contribution is 2.33. The van der Waals surface area contributed by atoms with Gasteiger partial charge in [-0.1, -0.05) is 18.2 Å². The number of nitrogens with two attached hydrogens (primary N) is 2. The van der Waals surface area contributed by atoms with Gasteiger partial charge in [-0.15, -0.1) is 0 Å². The number of anilines is 6. The van der Waals surface area contributed by atoms with Crippen molar-refractivity contribution in [1.29, 1.82) is 0 Å². The van der Waals surface area contributed by atoms with E-state index in [1.54, 1.807) is 6.07 Å². The van der Waals surface area contributed by atoms with Gasteiger partial charge < -0.3 is 26.8 Å². The van der Waals surface area contributed by atoms with Crippen LogP contribution in [0.5, 0.6) is 5.75 Å². The molecule has 0 aromatic heterocycles. The Balaban J connectivity index is 1.82. The molecule has 6 N–H and O–H groups in total. The Hall–Kier alpha value is -3.34. The average molecular weight is 334 g/mol. The van der Waals surface area contributed by atoms with E-state index < -0.39 is 0 Å². The molecule has 0 aliphatic rings. The Kier molecular flexibility index (Phi) is 4.95. The van der Waals surface area contributed by atoms with Gasteiger partial charge in [0.25, 0.3) is 0 Å². The number of nitrogens with one attached hydrogen (secondary N) is 2. The summed E-state index contributed by atoms with van der Waals surface area (Å²) in [5.74, 6) is 0.838. The van der Waals surface area contributed by atoms with Crippen LogP contribution in [0.25, 0.3) is 0 Å². The number of nitrogen functional groups attached to an aromatic ring is 2. The van der Waals surface area contributed by atoms with Crippen LogP contribution in [0.4, 0.5) is 34.1 Å². The van der Waals surface area contributed by atoms with E-state index >= 15 is 0 Å². The van der Waals surface area contributed by atoms with Gasteiger partial charge in [0.05, 0.1) is 29.4 Å². The zero-order chi connectivity index (χ0) is 17.6. The Labute approximate surface area is 147 Å². The number of hydrogen-bond acceptors (Lipinski definition) is 5. The van der Waals surface area contributed by atoms with Gasteiger partial charge in [0.1, 0.15) is 5.75 Å². The molecule has 5 heteroatoms. The molecule has 0 aliphatic heterocycles. The van der Waals surface area contributed by atoms with Crippen LogP contribution in [0.15, 0.2) is 66.7 Å². The van der Waals surface area contributed by atoms with Crippen molar-refractivity contribution in [3.63, 3.8) is 0 Å². The number of rotatable bonds is 6. The van der Waals surface area contributed by atoms with E-state index in [-0.39, 0.29) is 0 Å². The molecule has 0 atom stereocenters. The summed E-state index contributed by atoms with van der Waals surface area (Å²) in [4.78, 5) is 0. The van der Waals surface area contributed by atoms with Crippen molar-refractivity contribution in [3.8, 4) is 5.75 Å². The second-order valence-electron chi connectivity index (χ2n) is 5.60. The van der Waals surface area contributed by atoms with Gasteiger partial charge in [-0.2, -0.15) is 0 Å². The lowest BCUT2D eigenvalue weighted by Crippen LogP contribution is -2.02. The lowest BCUT2D eigenvalue weighted by molar-refractivity contribution is 0.340. The molecular weight excluding hydrogens is 312 g/mol. The Bertz CT molecular complexity index is 832. The van der Waals surface area contributed by atoms with Crippen molar-refractivity contribution in [2.45, 2.75) is 6.92 Å². The molecule has 128 valence electrons. The van der Waals surface area contributed by atoms with E-state index in [1.807, 2.05) is 67.6 Å². The largest absolute Gasteiger partial charge is 0.494 e. The van der Waals surface area contributed by atoms with Gasteiger partial charge in [0.15, 0.2) is 0 Å². The van der Waals surface area contributed by atoms with Crippen molar-refractivity contribution in [3.05, 3.63) is 66.7 Å². The molecule has 0 radical (unpaired) electrons. The SMILES string of the molecule is CCOc1ccc(Nc2cc(Nc3ccccc3)c(N)cc2N)cc1. The van der Waals surface area contributed by atoms with Gasteiger partial charge in [-0.05, 0) is 55.5 Å². The number of ether oxygens (including phenoxy) is 1. The van der Waals surface area contributed by atoms with Crippen molar-refractivity contribution in [2.75, 3.05) is 28.7 Å². The molecule has 0 spiro atoms. The summed E-state index contributed by atoms with van der Waals surface area (Å²) in [5, 5.41) is 6.63. The minimum absolute atomic E-state index is 0.588. The molecule has 0 saturated heterocycles. The molecule has 3 rings (SSSR count). The fourth-order valence-corrected chi connectivity index (χ4v) is 2.48. The topological polar surface area (TPSA) is 85.3 Å². The van der Waals surface area contributed by atoms with Crippen molar-refractivity contribution >= 4 is 34.1 Å². The van der Waals surface area contributed by atoms with E-state index in [0.717, 1.165) is 28.5 Å². The maximum atomic E-state index is 6.11. The summed E-state index contributed by atoms with van der Waals surface area (Å²) in [6.07, 6.45) is 0. The first-order valence-electron chi connectivity index (χ1n) is 8.16. The predicted molar refractivity (Wildman–Crippen MR) is 106 cm³/mol. The fraction of sp³-hybridized carbons (Fsp3) is 0.100. The molecule has 25 heavy (non-hydrogen) atoms. The molecule has 5 nitrogen and oxygen atoms in total. The molecule has 3 aromatic carbocycles. The Morgan fingerprint density at radius 1 is 0.760 bits per heavy atom. The number of benzene rings is 3. The summed E-state index contributed by atoms with van der Waals surface area (Å²) in [6, 6.07) is 21.3. The molecule has 0 heterocycles. The van der Waals surface area contributed by atoms with Crippen LogP contribution in [0.3, 0.4) is 0 Å². The summed E-state index contributed by atoms with van der Waals surface area (Å²) >= 11 is 0. The third kappa shape index (κ3) is 4.14. The number of para-hydroxylation sites is 1. The van der Waals surface area contributed by atoms with Gasteiger partial charge in [-0.3, -0.25) is 0 Å². The average Bonchev–Trinajstić information content (AvgIpc) is 2.62. The number of hydrogen-bond donors (Lipinski definition) is 4. The summed E-state index contributed by atoms with van der Waals surface area (Å²) in [7, 11) is 0. The monoisotopic (exact) mass is 334 g/mol. The minimum Gasteiger partial charge on any atom is -0.494 e. The highest BCUT2D eigenvalue weighted by atomic mass is 16.5. The first-order chi connectivity index (χ1) is 12.2. The lowest BCUT2D eigenvalue weighted by atomic mass is 10.2. The van der Waals surface area contributed by atoms with Gasteiger partial charge in [-0.25, -0.2) is 0 Å². The van der Waals surface area contributed by atoms with Crippen molar-refractivity contribution in [1.82, 2.24) is 0 Å². The predicted octanol–water partition coefficient (Wildman–Crippen LogP) is 4.74. The van der Waals surface area contributed by atoms with Gasteiger partial charge in [0.2, 0.25) is 0 Å². The van der Waals surface area contributed by atoms with E-state index in [2.05, 4.69) is 10.6 Å². The molecule has 0 amide bonds. The third-order valence-electron chi connectivity index (χ3n) is 3.72. The second kappa shape index (κ2) is 7.49.